The number of hydrogen-bond acceptors (Lipinski definition) is 4. The summed E-state index contributed by atoms with van der Waals surface area (Å²) in [7, 11) is 0. The number of quaternary nitrogens is 1. The summed E-state index contributed by atoms with van der Waals surface area (Å²) < 4.78 is 0.241. The van der Waals surface area contributed by atoms with Gasteiger partial charge in [-0.05, 0) is 32.1 Å². The van der Waals surface area contributed by atoms with Crippen molar-refractivity contribution >= 4 is 11.8 Å². The number of allylic oxidation sites excluding steroid dienone is 2. The lowest BCUT2D eigenvalue weighted by Gasteiger charge is -2.32. The summed E-state index contributed by atoms with van der Waals surface area (Å²) in [6.07, 6.45) is 31.5. The van der Waals surface area contributed by atoms with Crippen LogP contribution in [0.4, 0.5) is 0 Å². The topological polar surface area (TPSA) is 78.5 Å². The van der Waals surface area contributed by atoms with Crippen molar-refractivity contribution in [3.05, 3.63) is 24.6 Å². The van der Waals surface area contributed by atoms with Crippen molar-refractivity contribution < 1.29 is 14.4 Å². The summed E-state index contributed by atoms with van der Waals surface area (Å²) in [5.74, 6) is -0.130. The summed E-state index contributed by atoms with van der Waals surface area (Å²) in [6.45, 7) is 3.21. The van der Waals surface area contributed by atoms with Crippen molar-refractivity contribution in [3.63, 3.8) is 0 Å². The zero-order valence-corrected chi connectivity index (χ0v) is 21.4. The number of carboxylic acids is 1. The van der Waals surface area contributed by atoms with Gasteiger partial charge in [0.15, 0.2) is 0 Å². The number of aliphatic imine (C=N–C) groups is 1. The lowest BCUT2D eigenvalue weighted by Crippen LogP contribution is -2.55. The summed E-state index contributed by atoms with van der Waals surface area (Å²) in [5.41, 5.74) is 5.71. The van der Waals surface area contributed by atoms with Gasteiger partial charge in [0.25, 0.3) is 0 Å². The molecule has 5 heteroatoms. The Labute approximate surface area is 203 Å². The van der Waals surface area contributed by atoms with E-state index < -0.39 is 5.97 Å². The van der Waals surface area contributed by atoms with Crippen LogP contribution >= 0.6 is 0 Å². The first-order valence-corrected chi connectivity index (χ1v) is 13.8. The molecule has 0 aliphatic carbocycles. The molecule has 0 saturated heterocycles. The number of hydrogen-bond donors (Lipinski definition) is 1. The van der Waals surface area contributed by atoms with Gasteiger partial charge in [-0.15, -0.1) is 0 Å². The Hall–Kier alpha value is -1.46. The molecule has 1 rings (SSSR count). The van der Waals surface area contributed by atoms with Crippen LogP contribution in [0.2, 0.25) is 0 Å². The quantitative estimate of drug-likeness (QED) is 0.115. The molecule has 0 amide bonds. The van der Waals surface area contributed by atoms with Crippen LogP contribution in [0, 0.1) is 0 Å². The Morgan fingerprint density at radius 2 is 1.39 bits per heavy atom. The molecule has 5 nitrogen and oxygen atoms in total. The van der Waals surface area contributed by atoms with E-state index >= 15 is 0 Å². The van der Waals surface area contributed by atoms with E-state index in [2.05, 4.69) is 24.1 Å². The third kappa shape index (κ3) is 14.4. The van der Waals surface area contributed by atoms with Gasteiger partial charge in [0, 0.05) is 13.0 Å². The van der Waals surface area contributed by atoms with E-state index in [4.69, 9.17) is 5.73 Å². The second-order valence-electron chi connectivity index (χ2n) is 9.67. The maximum Gasteiger partial charge on any atom is 0.207 e. The van der Waals surface area contributed by atoms with Crippen LogP contribution in [0.1, 0.15) is 122 Å². The SMILES string of the molecule is CCCCCCCCCC/C=C/CCCCCCCCCC1=NC=C[N+]1(CCN)CC(=O)[O-]. The van der Waals surface area contributed by atoms with Crippen molar-refractivity contribution in [1.82, 2.24) is 0 Å². The van der Waals surface area contributed by atoms with E-state index in [1.807, 2.05) is 6.20 Å². The summed E-state index contributed by atoms with van der Waals surface area (Å²) in [5, 5.41) is 11.2. The molecule has 1 aliphatic rings. The molecular formula is C28H51N3O2. The number of carboxylic acid groups (broad SMARTS) is 1. The third-order valence-corrected chi connectivity index (χ3v) is 6.69. The van der Waals surface area contributed by atoms with Gasteiger partial charge >= 0.3 is 0 Å². The zero-order valence-electron chi connectivity index (χ0n) is 21.4. The minimum atomic E-state index is -1.05. The first kappa shape index (κ1) is 29.6. The Morgan fingerprint density at radius 1 is 0.879 bits per heavy atom. The Balaban J connectivity index is 1.93. The number of amidine groups is 1. The van der Waals surface area contributed by atoms with Gasteiger partial charge in [-0.1, -0.05) is 96.1 Å². The van der Waals surface area contributed by atoms with Gasteiger partial charge in [-0.2, -0.15) is 0 Å². The molecule has 0 saturated carbocycles. The molecule has 0 aromatic carbocycles. The van der Waals surface area contributed by atoms with E-state index in [1.165, 1.54) is 103 Å². The van der Waals surface area contributed by atoms with Crippen molar-refractivity contribution in [2.75, 3.05) is 19.6 Å². The Kier molecular flexibility index (Phi) is 17.9. The van der Waals surface area contributed by atoms with E-state index in [1.54, 1.807) is 6.20 Å². The lowest BCUT2D eigenvalue weighted by molar-refractivity contribution is -0.780. The van der Waals surface area contributed by atoms with Crippen LogP contribution in [0.5, 0.6) is 0 Å². The van der Waals surface area contributed by atoms with Crippen LogP contribution in [0.15, 0.2) is 29.5 Å². The van der Waals surface area contributed by atoms with Crippen LogP contribution in [-0.4, -0.2) is 35.9 Å². The van der Waals surface area contributed by atoms with Gasteiger partial charge in [0.2, 0.25) is 5.84 Å². The van der Waals surface area contributed by atoms with Crippen LogP contribution < -0.4 is 10.8 Å². The highest BCUT2D eigenvalue weighted by Crippen LogP contribution is 2.21. The fraction of sp³-hybridized carbons (Fsp3) is 0.786. The molecule has 0 bridgehead atoms. The number of nitrogens with two attached hydrogens (primary N) is 1. The maximum absolute atomic E-state index is 11.2. The number of carbonyl (C=O) groups excluding carboxylic acids is 1. The molecule has 1 heterocycles. The van der Waals surface area contributed by atoms with E-state index in [9.17, 15) is 9.90 Å². The largest absolute Gasteiger partial charge is 0.544 e. The molecule has 1 unspecified atom stereocenters. The number of rotatable bonds is 23. The van der Waals surface area contributed by atoms with Crippen molar-refractivity contribution in [2.45, 2.75) is 122 Å². The molecule has 0 radical (unpaired) electrons. The monoisotopic (exact) mass is 461 g/mol. The van der Waals surface area contributed by atoms with Gasteiger partial charge in [-0.25, -0.2) is 9.48 Å². The fourth-order valence-corrected chi connectivity index (χ4v) is 4.68. The van der Waals surface area contributed by atoms with Crippen molar-refractivity contribution in [2.24, 2.45) is 10.7 Å². The number of unbranched alkanes of at least 4 members (excludes halogenated alkanes) is 15. The summed E-state index contributed by atoms with van der Waals surface area (Å²) in [4.78, 5) is 15.6. The normalized spacial score (nSPS) is 17.8. The second-order valence-corrected chi connectivity index (χ2v) is 9.67. The second kappa shape index (κ2) is 20.0. The summed E-state index contributed by atoms with van der Waals surface area (Å²) >= 11 is 0. The lowest BCUT2D eigenvalue weighted by atomic mass is 10.1. The summed E-state index contributed by atoms with van der Waals surface area (Å²) in [6, 6.07) is 0. The zero-order chi connectivity index (χ0) is 24.0. The first-order chi connectivity index (χ1) is 16.1. The standard InChI is InChI=1S/C28H51N3O2/c1-2-3-4-5-6-7-8-9-10-11-12-13-14-15-16-17-18-19-20-21-27-30-23-25-31(27,24-22-29)26-28(32)33/h11-12,23,25H,2-10,13-22,24,26,29H2,1H3/b12-11+. The highest BCUT2D eigenvalue weighted by Gasteiger charge is 2.34. The van der Waals surface area contributed by atoms with E-state index in [0.29, 0.717) is 13.1 Å². The van der Waals surface area contributed by atoms with Crippen LogP contribution in [0.25, 0.3) is 0 Å². The molecule has 190 valence electrons. The highest BCUT2D eigenvalue weighted by atomic mass is 16.4. The smallest absolute Gasteiger partial charge is 0.207 e. The average molecular weight is 462 g/mol. The Morgan fingerprint density at radius 3 is 1.91 bits per heavy atom. The third-order valence-electron chi connectivity index (χ3n) is 6.69. The molecular weight excluding hydrogens is 410 g/mol. The molecule has 0 spiro atoms. The molecule has 2 N–H and O–H groups in total. The van der Waals surface area contributed by atoms with Crippen LogP contribution in [-0.2, 0) is 4.79 Å². The first-order valence-electron chi connectivity index (χ1n) is 13.8. The minimum absolute atomic E-state index is 0.0693. The van der Waals surface area contributed by atoms with Gasteiger partial charge in [-0.3, -0.25) is 0 Å². The van der Waals surface area contributed by atoms with Gasteiger partial charge < -0.3 is 15.6 Å². The van der Waals surface area contributed by atoms with Gasteiger partial charge in [0.05, 0.1) is 12.2 Å². The van der Waals surface area contributed by atoms with E-state index in [-0.39, 0.29) is 11.0 Å². The minimum Gasteiger partial charge on any atom is -0.544 e. The molecule has 1 atom stereocenters. The number of carbonyl (C=O) groups is 1. The molecule has 0 aromatic heterocycles. The van der Waals surface area contributed by atoms with E-state index in [0.717, 1.165) is 18.7 Å². The molecule has 0 aromatic rings. The van der Waals surface area contributed by atoms with Gasteiger partial charge in [0.1, 0.15) is 19.3 Å². The number of nitrogens with zero attached hydrogens (tertiary/aromatic N) is 2. The molecule has 1 aliphatic heterocycles. The predicted octanol–water partition coefficient (Wildman–Crippen LogP) is 5.99. The highest BCUT2D eigenvalue weighted by molar-refractivity contribution is 5.80. The average Bonchev–Trinajstić information content (AvgIpc) is 3.16. The number of aliphatic carboxylic acids is 1. The molecule has 0 fully saturated rings. The molecule has 33 heavy (non-hydrogen) atoms. The Bertz CT molecular complexity index is 586. The van der Waals surface area contributed by atoms with Crippen molar-refractivity contribution in [3.8, 4) is 0 Å². The van der Waals surface area contributed by atoms with Crippen LogP contribution in [0.3, 0.4) is 0 Å². The van der Waals surface area contributed by atoms with Crippen molar-refractivity contribution in [1.29, 1.82) is 0 Å². The predicted molar refractivity (Wildman–Crippen MR) is 139 cm³/mol. The maximum atomic E-state index is 11.2. The fourth-order valence-electron chi connectivity index (χ4n) is 4.68.